The number of thiazole rings is 1. The number of fused-ring (bicyclic) bond motifs is 1. The topological polar surface area (TPSA) is 42.0 Å². The molecule has 0 saturated carbocycles. The number of benzene rings is 2. The van der Waals surface area contributed by atoms with E-state index in [2.05, 4.69) is 10.3 Å². The summed E-state index contributed by atoms with van der Waals surface area (Å²) in [6.45, 7) is 0. The number of carbonyl (C=O) groups is 1. The van der Waals surface area contributed by atoms with Gasteiger partial charge in [0.15, 0.2) is 5.13 Å². The number of amides is 1. The molecule has 3 nitrogen and oxygen atoms in total. The normalized spacial score (nSPS) is 10.7. The average molecular weight is 300 g/mol. The molecule has 0 radical (unpaired) electrons. The highest BCUT2D eigenvalue weighted by atomic mass is 32.2. The second-order valence-corrected chi connectivity index (χ2v) is 6.08. The molecule has 3 aromatic rings. The number of nitrogens with zero attached hydrogens (tertiary/aromatic N) is 1. The molecule has 0 aliphatic rings. The molecule has 0 aliphatic carbocycles. The molecule has 1 N–H and O–H groups in total. The first kappa shape index (κ1) is 13.1. The number of nitrogens with one attached hydrogen (secondary N) is 1. The van der Waals surface area contributed by atoms with Crippen LogP contribution in [0.25, 0.3) is 10.2 Å². The van der Waals surface area contributed by atoms with Gasteiger partial charge in [-0.05, 0) is 36.6 Å². The zero-order valence-electron chi connectivity index (χ0n) is 10.8. The van der Waals surface area contributed by atoms with Gasteiger partial charge in [0.1, 0.15) is 0 Å². The van der Waals surface area contributed by atoms with Crippen molar-refractivity contribution < 1.29 is 4.79 Å². The number of thioether (sulfide) groups is 1. The maximum Gasteiger partial charge on any atom is 0.257 e. The number of rotatable bonds is 3. The lowest BCUT2D eigenvalue weighted by atomic mass is 10.2. The second kappa shape index (κ2) is 5.64. The summed E-state index contributed by atoms with van der Waals surface area (Å²) in [5.74, 6) is -0.125. The molecular weight excluding hydrogens is 288 g/mol. The molecule has 1 aromatic heterocycles. The van der Waals surface area contributed by atoms with E-state index < -0.39 is 0 Å². The van der Waals surface area contributed by atoms with E-state index in [1.165, 1.54) is 11.3 Å². The molecule has 0 fully saturated rings. The van der Waals surface area contributed by atoms with E-state index in [0.29, 0.717) is 10.7 Å². The summed E-state index contributed by atoms with van der Waals surface area (Å²) in [7, 11) is 0. The Balaban J connectivity index is 1.84. The van der Waals surface area contributed by atoms with E-state index in [4.69, 9.17) is 0 Å². The lowest BCUT2D eigenvalue weighted by molar-refractivity contribution is 0.102. The zero-order valence-corrected chi connectivity index (χ0v) is 12.4. The van der Waals surface area contributed by atoms with Gasteiger partial charge in [-0.1, -0.05) is 29.5 Å². The van der Waals surface area contributed by atoms with Gasteiger partial charge in [-0.2, -0.15) is 0 Å². The third-order valence-corrected chi connectivity index (χ3v) is 4.52. The SMILES string of the molecule is CSc1cccc(C(=O)Nc2nc3ccccc3s2)c1. The van der Waals surface area contributed by atoms with Gasteiger partial charge < -0.3 is 0 Å². The van der Waals surface area contributed by atoms with Crippen LogP contribution in [0.4, 0.5) is 5.13 Å². The third-order valence-electron chi connectivity index (χ3n) is 2.85. The van der Waals surface area contributed by atoms with Crippen molar-refractivity contribution >= 4 is 44.4 Å². The Bertz CT molecular complexity index is 734. The minimum atomic E-state index is -0.125. The van der Waals surface area contributed by atoms with Crippen LogP contribution in [-0.4, -0.2) is 17.1 Å². The Morgan fingerprint density at radius 2 is 2.05 bits per heavy atom. The van der Waals surface area contributed by atoms with Gasteiger partial charge in [-0.25, -0.2) is 4.98 Å². The van der Waals surface area contributed by atoms with Gasteiger partial charge in [0.05, 0.1) is 10.2 Å². The molecular formula is C15H12N2OS2. The van der Waals surface area contributed by atoms with Gasteiger partial charge >= 0.3 is 0 Å². The van der Waals surface area contributed by atoms with Crippen LogP contribution in [0, 0.1) is 0 Å². The Labute approximate surface area is 125 Å². The van der Waals surface area contributed by atoms with Crippen LogP contribution in [0.3, 0.4) is 0 Å². The summed E-state index contributed by atoms with van der Waals surface area (Å²) >= 11 is 3.10. The number of carbonyl (C=O) groups excluding carboxylic acids is 1. The van der Waals surface area contributed by atoms with Crippen LogP contribution < -0.4 is 5.32 Å². The molecule has 1 amide bonds. The Hall–Kier alpha value is -1.85. The largest absolute Gasteiger partial charge is 0.298 e. The molecule has 0 aliphatic heterocycles. The van der Waals surface area contributed by atoms with Gasteiger partial charge in [0.2, 0.25) is 0 Å². The Kier molecular flexibility index (Phi) is 3.71. The predicted molar refractivity (Wildman–Crippen MR) is 85.8 cm³/mol. The quantitative estimate of drug-likeness (QED) is 0.734. The highest BCUT2D eigenvalue weighted by Gasteiger charge is 2.10. The molecule has 3 rings (SSSR count). The molecule has 5 heteroatoms. The summed E-state index contributed by atoms with van der Waals surface area (Å²) in [4.78, 5) is 17.7. The van der Waals surface area contributed by atoms with Gasteiger partial charge in [-0.15, -0.1) is 11.8 Å². The van der Waals surface area contributed by atoms with Crippen LogP contribution in [0.5, 0.6) is 0 Å². The van der Waals surface area contributed by atoms with E-state index in [0.717, 1.165) is 15.1 Å². The number of anilines is 1. The molecule has 1 heterocycles. The predicted octanol–water partition coefficient (Wildman–Crippen LogP) is 4.27. The van der Waals surface area contributed by atoms with E-state index in [-0.39, 0.29) is 5.91 Å². The fourth-order valence-corrected chi connectivity index (χ4v) is 3.18. The van der Waals surface area contributed by atoms with Crippen molar-refractivity contribution in [3.8, 4) is 0 Å². The monoisotopic (exact) mass is 300 g/mol. The number of hydrogen-bond acceptors (Lipinski definition) is 4. The standard InChI is InChI=1S/C15H12N2OS2/c1-19-11-6-4-5-10(9-11)14(18)17-15-16-12-7-2-3-8-13(12)20-15/h2-9H,1H3,(H,16,17,18). The van der Waals surface area contributed by atoms with E-state index >= 15 is 0 Å². The van der Waals surface area contributed by atoms with Crippen LogP contribution in [-0.2, 0) is 0 Å². The fraction of sp³-hybridized carbons (Fsp3) is 0.0667. The molecule has 0 unspecified atom stereocenters. The van der Waals surface area contributed by atoms with Crippen molar-refractivity contribution in [2.24, 2.45) is 0 Å². The minimum Gasteiger partial charge on any atom is -0.298 e. The second-order valence-electron chi connectivity index (χ2n) is 4.17. The first-order chi connectivity index (χ1) is 9.76. The lowest BCUT2D eigenvalue weighted by Crippen LogP contribution is -2.11. The molecule has 20 heavy (non-hydrogen) atoms. The average Bonchev–Trinajstić information content (AvgIpc) is 2.89. The molecule has 100 valence electrons. The number of para-hydroxylation sites is 1. The van der Waals surface area contributed by atoms with E-state index in [9.17, 15) is 4.79 Å². The van der Waals surface area contributed by atoms with Gasteiger partial charge in [0.25, 0.3) is 5.91 Å². The maximum absolute atomic E-state index is 12.2. The Morgan fingerprint density at radius 1 is 1.20 bits per heavy atom. The summed E-state index contributed by atoms with van der Waals surface area (Å²) in [6, 6.07) is 15.4. The highest BCUT2D eigenvalue weighted by Crippen LogP contribution is 2.26. The first-order valence-electron chi connectivity index (χ1n) is 6.07. The van der Waals surface area contributed by atoms with Crippen molar-refractivity contribution in [2.45, 2.75) is 4.90 Å². The molecule has 0 bridgehead atoms. The van der Waals surface area contributed by atoms with E-state index in [1.807, 2.05) is 54.8 Å². The Morgan fingerprint density at radius 3 is 2.85 bits per heavy atom. The third kappa shape index (κ3) is 2.69. The van der Waals surface area contributed by atoms with Gasteiger partial charge in [-0.3, -0.25) is 10.1 Å². The van der Waals surface area contributed by atoms with Gasteiger partial charge in [0, 0.05) is 10.5 Å². The number of hydrogen-bond donors (Lipinski definition) is 1. The summed E-state index contributed by atoms with van der Waals surface area (Å²) in [5.41, 5.74) is 1.56. The molecule has 0 saturated heterocycles. The summed E-state index contributed by atoms with van der Waals surface area (Å²) in [6.07, 6.45) is 1.99. The van der Waals surface area contributed by atoms with Crippen LogP contribution in [0.2, 0.25) is 0 Å². The maximum atomic E-state index is 12.2. The van der Waals surface area contributed by atoms with Crippen LogP contribution in [0.1, 0.15) is 10.4 Å². The van der Waals surface area contributed by atoms with Crippen molar-refractivity contribution in [1.29, 1.82) is 0 Å². The lowest BCUT2D eigenvalue weighted by Gasteiger charge is -2.03. The first-order valence-corrected chi connectivity index (χ1v) is 8.11. The smallest absolute Gasteiger partial charge is 0.257 e. The van der Waals surface area contributed by atoms with E-state index in [1.54, 1.807) is 11.8 Å². The van der Waals surface area contributed by atoms with Crippen molar-refractivity contribution in [3.05, 3.63) is 54.1 Å². The molecule has 0 atom stereocenters. The van der Waals surface area contributed by atoms with Crippen molar-refractivity contribution in [2.75, 3.05) is 11.6 Å². The summed E-state index contributed by atoms with van der Waals surface area (Å²) in [5, 5.41) is 3.49. The highest BCUT2D eigenvalue weighted by molar-refractivity contribution is 7.98. The summed E-state index contributed by atoms with van der Waals surface area (Å²) < 4.78 is 1.07. The molecule has 0 spiro atoms. The minimum absolute atomic E-state index is 0.125. The number of aromatic nitrogens is 1. The molecule has 2 aromatic carbocycles. The van der Waals surface area contributed by atoms with Crippen LogP contribution in [0.15, 0.2) is 53.4 Å². The zero-order chi connectivity index (χ0) is 13.9. The van der Waals surface area contributed by atoms with Crippen molar-refractivity contribution in [1.82, 2.24) is 4.98 Å². The van der Waals surface area contributed by atoms with Crippen LogP contribution >= 0.6 is 23.1 Å². The van der Waals surface area contributed by atoms with Crippen molar-refractivity contribution in [3.63, 3.8) is 0 Å². The fourth-order valence-electron chi connectivity index (χ4n) is 1.86.